The van der Waals surface area contributed by atoms with Gasteiger partial charge < -0.3 is 5.11 Å². The molecule has 0 amide bonds. The molecule has 2 heterocycles. The molecule has 0 saturated carbocycles. The van der Waals surface area contributed by atoms with Crippen molar-refractivity contribution < 1.29 is 27.5 Å². The van der Waals surface area contributed by atoms with E-state index < -0.39 is 40.3 Å². The van der Waals surface area contributed by atoms with Gasteiger partial charge in [0.15, 0.2) is 11.3 Å². The Balaban J connectivity index is 2.43. The lowest BCUT2D eigenvalue weighted by Gasteiger charge is -2.12. The van der Waals surface area contributed by atoms with Gasteiger partial charge in [-0.3, -0.25) is 4.40 Å². The van der Waals surface area contributed by atoms with Crippen LogP contribution in [-0.4, -0.2) is 20.5 Å². The average Bonchev–Trinajstić information content (AvgIpc) is 2.96. The molecule has 0 aliphatic carbocycles. The van der Waals surface area contributed by atoms with Gasteiger partial charge in [0.05, 0.1) is 5.56 Å². The number of imidazole rings is 1. The Morgan fingerprint density at radius 3 is 2.38 bits per heavy atom. The zero-order chi connectivity index (χ0) is 21.6. The fraction of sp³-hybridized carbons (Fsp3) is 0.238. The van der Waals surface area contributed by atoms with E-state index in [0.29, 0.717) is 0 Å². The van der Waals surface area contributed by atoms with Crippen LogP contribution in [0.5, 0.6) is 0 Å². The molecule has 0 spiro atoms. The first-order valence-corrected chi connectivity index (χ1v) is 8.52. The van der Waals surface area contributed by atoms with E-state index in [1.807, 2.05) is 0 Å². The summed E-state index contributed by atoms with van der Waals surface area (Å²) in [5.41, 5.74) is -2.73. The number of fused-ring (bicyclic) bond motifs is 1. The normalized spacial score (nSPS) is 12.0. The van der Waals surface area contributed by atoms with Gasteiger partial charge in [-0.15, -0.1) is 0 Å². The highest BCUT2D eigenvalue weighted by Gasteiger charge is 2.36. The molecule has 2 aromatic heterocycles. The molecule has 0 aliphatic rings. The Kier molecular flexibility index (Phi) is 4.87. The van der Waals surface area contributed by atoms with Crippen LogP contribution in [0.15, 0.2) is 36.5 Å². The summed E-state index contributed by atoms with van der Waals surface area (Å²) in [6.07, 6.45) is -3.52. The van der Waals surface area contributed by atoms with Crippen LogP contribution in [0, 0.1) is 23.1 Å². The lowest BCUT2D eigenvalue weighted by Crippen LogP contribution is -2.09. The van der Waals surface area contributed by atoms with Crippen LogP contribution in [0.1, 0.15) is 42.5 Å². The molecule has 0 atom stereocenters. The van der Waals surface area contributed by atoms with E-state index in [1.54, 1.807) is 20.8 Å². The lowest BCUT2D eigenvalue weighted by molar-refractivity contribution is -0.136. The standard InChI is InChI=1S/C21H16F4N2O2/c1-20(2,3)8-7-16-17(19(28)29)26-18-15(21(23,24)25)10-13(11-27(16)18)12-5-4-6-14(22)9-12/h4-6,9-11H,1-3H3,(H,28,29). The Hall–Kier alpha value is -3.34. The van der Waals surface area contributed by atoms with Gasteiger partial charge in [-0.25, -0.2) is 14.2 Å². The number of aromatic nitrogens is 2. The van der Waals surface area contributed by atoms with E-state index in [1.165, 1.54) is 24.4 Å². The first-order chi connectivity index (χ1) is 13.4. The van der Waals surface area contributed by atoms with Gasteiger partial charge in [-0.05, 0) is 56.0 Å². The van der Waals surface area contributed by atoms with Crippen molar-refractivity contribution in [2.75, 3.05) is 0 Å². The minimum absolute atomic E-state index is 0.0532. The number of alkyl halides is 3. The molecule has 0 unspecified atom stereocenters. The van der Waals surface area contributed by atoms with Gasteiger partial charge in [0.1, 0.15) is 11.5 Å². The Morgan fingerprint density at radius 1 is 1.14 bits per heavy atom. The number of halogens is 4. The summed E-state index contributed by atoms with van der Waals surface area (Å²) in [5, 5.41) is 9.44. The Morgan fingerprint density at radius 2 is 1.83 bits per heavy atom. The second kappa shape index (κ2) is 6.92. The summed E-state index contributed by atoms with van der Waals surface area (Å²) in [5.74, 6) is 3.37. The lowest BCUT2D eigenvalue weighted by atomic mass is 9.98. The highest BCUT2D eigenvalue weighted by atomic mass is 19.4. The first-order valence-electron chi connectivity index (χ1n) is 8.52. The van der Waals surface area contributed by atoms with Gasteiger partial charge in [-0.1, -0.05) is 18.1 Å². The van der Waals surface area contributed by atoms with E-state index in [4.69, 9.17) is 0 Å². The summed E-state index contributed by atoms with van der Waals surface area (Å²) < 4.78 is 55.7. The molecule has 3 rings (SSSR count). The Bertz CT molecular complexity index is 1180. The number of carboxylic acids is 1. The smallest absolute Gasteiger partial charge is 0.420 e. The Labute approximate surface area is 163 Å². The molecule has 150 valence electrons. The average molecular weight is 404 g/mol. The molecule has 4 nitrogen and oxygen atoms in total. The molecule has 0 aliphatic heterocycles. The number of carbonyl (C=O) groups is 1. The van der Waals surface area contributed by atoms with Gasteiger partial charge in [0, 0.05) is 11.6 Å². The number of nitrogens with zero attached hydrogens (tertiary/aromatic N) is 2. The molecule has 29 heavy (non-hydrogen) atoms. The van der Waals surface area contributed by atoms with Crippen LogP contribution in [0.3, 0.4) is 0 Å². The third-order valence-corrected chi connectivity index (χ3v) is 3.94. The third-order valence-electron chi connectivity index (χ3n) is 3.94. The summed E-state index contributed by atoms with van der Waals surface area (Å²) in [6, 6.07) is 5.92. The van der Waals surface area contributed by atoms with Gasteiger partial charge >= 0.3 is 12.1 Å². The van der Waals surface area contributed by atoms with Crippen LogP contribution in [0.2, 0.25) is 0 Å². The predicted octanol–water partition coefficient (Wildman–Crippen LogP) is 5.26. The molecular weight excluding hydrogens is 388 g/mol. The largest absolute Gasteiger partial charge is 0.476 e. The van der Waals surface area contributed by atoms with Gasteiger partial charge in [0.2, 0.25) is 0 Å². The highest BCUT2D eigenvalue weighted by Crippen LogP contribution is 2.36. The SMILES string of the molecule is CC(C)(C)C#Cc1c(C(=O)O)nc2c(C(F)(F)F)cc(-c3cccc(F)c3)cn12. The third kappa shape index (κ3) is 4.24. The number of pyridine rings is 1. The number of rotatable bonds is 2. The number of aromatic carboxylic acids is 1. The van der Waals surface area contributed by atoms with Crippen LogP contribution in [-0.2, 0) is 6.18 Å². The van der Waals surface area contributed by atoms with Crippen molar-refractivity contribution in [3.63, 3.8) is 0 Å². The van der Waals surface area contributed by atoms with Crippen molar-refractivity contribution in [1.29, 1.82) is 0 Å². The van der Waals surface area contributed by atoms with Crippen molar-refractivity contribution in [3.05, 3.63) is 59.3 Å². The van der Waals surface area contributed by atoms with Crippen molar-refractivity contribution in [2.45, 2.75) is 26.9 Å². The molecule has 0 fully saturated rings. The van der Waals surface area contributed by atoms with E-state index in [9.17, 15) is 27.5 Å². The predicted molar refractivity (Wildman–Crippen MR) is 98.9 cm³/mol. The molecule has 8 heteroatoms. The maximum Gasteiger partial charge on any atom is 0.420 e. The van der Waals surface area contributed by atoms with Crippen molar-refractivity contribution in [1.82, 2.24) is 9.38 Å². The summed E-state index contributed by atoms with van der Waals surface area (Å²) in [6.45, 7) is 5.34. The molecule has 3 aromatic rings. The second-order valence-electron chi connectivity index (χ2n) is 7.46. The number of benzene rings is 1. The molecule has 1 aromatic carbocycles. The van der Waals surface area contributed by atoms with Crippen LogP contribution in [0.4, 0.5) is 17.6 Å². The summed E-state index contributed by atoms with van der Waals surface area (Å²) in [7, 11) is 0. The molecule has 0 bridgehead atoms. The van der Waals surface area contributed by atoms with E-state index >= 15 is 0 Å². The molecule has 1 N–H and O–H groups in total. The number of hydrogen-bond donors (Lipinski definition) is 1. The van der Waals surface area contributed by atoms with Gasteiger partial charge in [-0.2, -0.15) is 13.2 Å². The summed E-state index contributed by atoms with van der Waals surface area (Å²) >= 11 is 0. The minimum Gasteiger partial charge on any atom is -0.476 e. The van der Waals surface area contributed by atoms with Crippen molar-refractivity contribution in [2.24, 2.45) is 5.41 Å². The first kappa shape index (κ1) is 20.4. The minimum atomic E-state index is -4.81. The fourth-order valence-electron chi connectivity index (χ4n) is 2.69. The number of carboxylic acid groups (broad SMARTS) is 1. The summed E-state index contributed by atoms with van der Waals surface area (Å²) in [4.78, 5) is 15.3. The van der Waals surface area contributed by atoms with Crippen molar-refractivity contribution in [3.8, 4) is 23.0 Å². The van der Waals surface area contributed by atoms with Crippen LogP contribution >= 0.6 is 0 Å². The maximum atomic E-state index is 13.7. The topological polar surface area (TPSA) is 54.6 Å². The zero-order valence-electron chi connectivity index (χ0n) is 15.7. The number of hydrogen-bond acceptors (Lipinski definition) is 2. The van der Waals surface area contributed by atoms with Crippen molar-refractivity contribution >= 4 is 11.6 Å². The van der Waals surface area contributed by atoms with Gasteiger partial charge in [0.25, 0.3) is 0 Å². The van der Waals surface area contributed by atoms with E-state index in [-0.39, 0.29) is 16.8 Å². The molecular formula is C21H16F4N2O2. The van der Waals surface area contributed by atoms with E-state index in [0.717, 1.165) is 16.5 Å². The van der Waals surface area contributed by atoms with Crippen LogP contribution < -0.4 is 0 Å². The maximum absolute atomic E-state index is 13.7. The quantitative estimate of drug-likeness (QED) is 0.469. The zero-order valence-corrected chi connectivity index (χ0v) is 15.7. The highest BCUT2D eigenvalue weighted by molar-refractivity contribution is 5.90. The van der Waals surface area contributed by atoms with Crippen LogP contribution in [0.25, 0.3) is 16.8 Å². The monoisotopic (exact) mass is 404 g/mol. The van der Waals surface area contributed by atoms with E-state index in [2.05, 4.69) is 16.8 Å². The fourth-order valence-corrected chi connectivity index (χ4v) is 2.69. The molecule has 0 radical (unpaired) electrons. The molecule has 0 saturated heterocycles. The second-order valence-corrected chi connectivity index (χ2v) is 7.46.